The van der Waals surface area contributed by atoms with Crippen LogP contribution >= 0.6 is 0 Å². The van der Waals surface area contributed by atoms with Gasteiger partial charge in [-0.1, -0.05) is 30.3 Å². The fourth-order valence-corrected chi connectivity index (χ4v) is 0.694. The summed E-state index contributed by atoms with van der Waals surface area (Å²) in [5.74, 6) is 0. The van der Waals surface area contributed by atoms with Gasteiger partial charge in [0.25, 0.3) is 0 Å². The molecule has 1 rings (SSSR count). The van der Waals surface area contributed by atoms with Crippen LogP contribution in [0.2, 0.25) is 0 Å². The van der Waals surface area contributed by atoms with Gasteiger partial charge < -0.3 is 5.73 Å². The smallest absolute Gasteiger partial charge is 0.0371 e. The molecule has 50 valence electrons. The lowest BCUT2D eigenvalue weighted by molar-refractivity contribution is 1.62. The van der Waals surface area contributed by atoms with Crippen molar-refractivity contribution in [2.45, 2.75) is 0 Å². The zero-order chi connectivity index (χ0) is 7.23. The molecule has 0 radical (unpaired) electrons. The zero-order valence-corrected chi connectivity index (χ0v) is 5.62. The maximum Gasteiger partial charge on any atom is 0.0371 e. The van der Waals surface area contributed by atoms with Crippen LogP contribution in [-0.4, -0.2) is 0 Å². The van der Waals surface area contributed by atoms with Crippen LogP contribution in [0, 0.1) is 0 Å². The van der Waals surface area contributed by atoms with Crippen LogP contribution < -0.4 is 5.73 Å². The molecule has 0 spiro atoms. The van der Waals surface area contributed by atoms with Gasteiger partial charge in [0.1, 0.15) is 0 Å². The van der Waals surface area contributed by atoms with E-state index in [4.69, 9.17) is 5.73 Å². The summed E-state index contributed by atoms with van der Waals surface area (Å²) in [6, 6.07) is 9.92. The maximum absolute atomic E-state index is 5.11. The van der Waals surface area contributed by atoms with Gasteiger partial charge >= 0.3 is 0 Å². The van der Waals surface area contributed by atoms with Gasteiger partial charge in [0.15, 0.2) is 0 Å². The van der Waals surface area contributed by atoms with Crippen molar-refractivity contribution >= 4 is 6.08 Å². The van der Waals surface area contributed by atoms with E-state index in [0.717, 1.165) is 5.56 Å². The van der Waals surface area contributed by atoms with E-state index >= 15 is 0 Å². The highest BCUT2D eigenvalue weighted by molar-refractivity contribution is 5.47. The summed E-state index contributed by atoms with van der Waals surface area (Å²) in [5.41, 5.74) is 9.02. The molecule has 0 saturated heterocycles. The van der Waals surface area contributed by atoms with Crippen molar-refractivity contribution < 1.29 is 0 Å². The molecule has 1 aromatic rings. The summed E-state index contributed by atoms with van der Waals surface area (Å²) < 4.78 is 0. The third kappa shape index (κ3) is 1.81. The average Bonchev–Trinajstić information content (AvgIpc) is 2.03. The highest BCUT2D eigenvalue weighted by Gasteiger charge is 1.77. The van der Waals surface area contributed by atoms with Crippen molar-refractivity contribution in [1.29, 1.82) is 0 Å². The van der Waals surface area contributed by atoms with E-state index in [1.165, 1.54) is 6.20 Å². The molecule has 2 N–H and O–H groups in total. The predicted molar refractivity (Wildman–Crippen MR) is 43.2 cm³/mol. The summed E-state index contributed by atoms with van der Waals surface area (Å²) in [5, 5.41) is 0. The molecule has 0 aliphatic heterocycles. The lowest BCUT2D eigenvalue weighted by Crippen LogP contribution is -1.71. The first-order valence-corrected chi connectivity index (χ1v) is 3.11. The first-order chi connectivity index (χ1) is 4.93. The van der Waals surface area contributed by atoms with Crippen LogP contribution in [0.5, 0.6) is 0 Å². The van der Waals surface area contributed by atoms with E-state index in [1.54, 1.807) is 0 Å². The Morgan fingerprint density at radius 2 is 1.90 bits per heavy atom. The first-order valence-electron chi connectivity index (χ1n) is 3.11. The summed E-state index contributed by atoms with van der Waals surface area (Å²) >= 11 is 0. The maximum atomic E-state index is 5.11. The molecule has 0 fully saturated rings. The molecule has 0 amide bonds. The molecule has 0 saturated carbocycles. The van der Waals surface area contributed by atoms with Crippen LogP contribution in [0.25, 0.3) is 6.08 Å². The van der Waals surface area contributed by atoms with Crippen LogP contribution in [0.15, 0.2) is 42.3 Å². The van der Waals surface area contributed by atoms with Crippen molar-refractivity contribution in [3.63, 3.8) is 0 Å². The van der Waals surface area contributed by atoms with Gasteiger partial charge in [0.2, 0.25) is 0 Å². The van der Waals surface area contributed by atoms with Crippen molar-refractivity contribution in [2.75, 3.05) is 0 Å². The largest absolute Gasteiger partial charge is 0.398 e. The standard InChI is InChI=1S/C9H9N/c10-8-4-7-9-5-2-1-3-6-9/h1-3,5-8H,10H2. The lowest BCUT2D eigenvalue weighted by atomic mass is 10.2. The molecular weight excluding hydrogens is 122 g/mol. The Balaban J connectivity index is 2.87. The molecule has 1 heteroatoms. The number of benzene rings is 1. The van der Waals surface area contributed by atoms with Gasteiger partial charge in [-0.15, -0.1) is 5.73 Å². The van der Waals surface area contributed by atoms with Crippen LogP contribution in [0.1, 0.15) is 5.56 Å². The fraction of sp³-hybridized carbons (Fsp3) is 0. The Kier molecular flexibility index (Phi) is 2.36. The summed E-state index contributed by atoms with van der Waals surface area (Å²) in [4.78, 5) is 0. The Hall–Kier alpha value is -1.46. The highest BCUT2D eigenvalue weighted by atomic mass is 14.5. The molecule has 1 nitrogen and oxygen atoms in total. The van der Waals surface area contributed by atoms with E-state index < -0.39 is 0 Å². The topological polar surface area (TPSA) is 26.0 Å². The minimum atomic E-state index is 1.12. The summed E-state index contributed by atoms with van der Waals surface area (Å²) in [6.45, 7) is 0. The Morgan fingerprint density at radius 3 is 2.50 bits per heavy atom. The van der Waals surface area contributed by atoms with Crippen molar-refractivity contribution in [3.8, 4) is 0 Å². The van der Waals surface area contributed by atoms with Crippen LogP contribution in [0.3, 0.4) is 0 Å². The molecule has 0 aliphatic rings. The normalized spacial score (nSPS) is 8.00. The third-order valence-corrected chi connectivity index (χ3v) is 1.15. The predicted octanol–water partition coefficient (Wildman–Crippen LogP) is 1.77. The Bertz CT molecular complexity index is 243. The van der Waals surface area contributed by atoms with Gasteiger partial charge in [-0.3, -0.25) is 0 Å². The monoisotopic (exact) mass is 131 g/mol. The lowest BCUT2D eigenvalue weighted by Gasteiger charge is -1.85. The van der Waals surface area contributed by atoms with Gasteiger partial charge in [0, 0.05) is 6.20 Å². The second kappa shape index (κ2) is 3.54. The van der Waals surface area contributed by atoms with E-state index in [2.05, 4.69) is 5.73 Å². The Morgan fingerprint density at radius 1 is 1.20 bits per heavy atom. The minimum absolute atomic E-state index is 1.12. The second-order valence-electron chi connectivity index (χ2n) is 1.89. The summed E-state index contributed by atoms with van der Waals surface area (Å²) in [7, 11) is 0. The van der Waals surface area contributed by atoms with Gasteiger partial charge in [0.05, 0.1) is 0 Å². The minimum Gasteiger partial charge on any atom is -0.398 e. The molecule has 0 bridgehead atoms. The number of hydrogen-bond donors (Lipinski definition) is 1. The van der Waals surface area contributed by atoms with Crippen LogP contribution in [0.4, 0.5) is 0 Å². The molecule has 0 atom stereocenters. The van der Waals surface area contributed by atoms with Gasteiger partial charge in [-0.2, -0.15) is 0 Å². The molecule has 0 aliphatic carbocycles. The van der Waals surface area contributed by atoms with E-state index in [9.17, 15) is 0 Å². The van der Waals surface area contributed by atoms with Gasteiger partial charge in [-0.05, 0) is 11.6 Å². The van der Waals surface area contributed by atoms with Crippen molar-refractivity contribution in [2.24, 2.45) is 5.73 Å². The molecule has 0 aromatic heterocycles. The second-order valence-corrected chi connectivity index (χ2v) is 1.89. The van der Waals surface area contributed by atoms with Crippen LogP contribution in [-0.2, 0) is 0 Å². The third-order valence-electron chi connectivity index (χ3n) is 1.15. The highest BCUT2D eigenvalue weighted by Crippen LogP contribution is 1.98. The first kappa shape index (κ1) is 6.66. The SMILES string of the molecule is NC=C=Cc1ccccc1. The van der Waals surface area contributed by atoms with E-state index in [-0.39, 0.29) is 0 Å². The van der Waals surface area contributed by atoms with Gasteiger partial charge in [-0.25, -0.2) is 0 Å². The Labute approximate surface area is 60.5 Å². The molecule has 0 unspecified atom stereocenters. The molecule has 1 aromatic carbocycles. The summed E-state index contributed by atoms with van der Waals surface area (Å²) in [6.07, 6.45) is 3.23. The van der Waals surface area contributed by atoms with Crippen molar-refractivity contribution in [1.82, 2.24) is 0 Å². The number of hydrogen-bond acceptors (Lipinski definition) is 1. The van der Waals surface area contributed by atoms with Crippen molar-refractivity contribution in [3.05, 3.63) is 47.8 Å². The van der Waals surface area contributed by atoms with E-state index in [0.29, 0.717) is 0 Å². The molecule has 10 heavy (non-hydrogen) atoms. The molecule has 0 heterocycles. The number of rotatable bonds is 1. The molecular formula is C9H9N. The number of nitrogens with two attached hydrogens (primary N) is 1. The fourth-order valence-electron chi connectivity index (χ4n) is 0.694. The average molecular weight is 131 g/mol. The zero-order valence-electron chi connectivity index (χ0n) is 5.62. The quantitative estimate of drug-likeness (QED) is 0.577. The van der Waals surface area contributed by atoms with E-state index in [1.807, 2.05) is 36.4 Å².